The van der Waals surface area contributed by atoms with E-state index in [2.05, 4.69) is 20.3 Å². The van der Waals surface area contributed by atoms with Crippen LogP contribution in [0.4, 0.5) is 4.39 Å². The first-order chi connectivity index (χ1) is 19.1. The van der Waals surface area contributed by atoms with Gasteiger partial charge in [-0.25, -0.2) is 4.39 Å². The molecule has 1 aromatic carbocycles. The van der Waals surface area contributed by atoms with Crippen LogP contribution in [0.15, 0.2) is 79.4 Å². The molecule has 1 N–H and O–H groups in total. The summed E-state index contributed by atoms with van der Waals surface area (Å²) in [6, 6.07) is 16.0. The van der Waals surface area contributed by atoms with Crippen LogP contribution in [-0.4, -0.2) is 41.0 Å². The van der Waals surface area contributed by atoms with Crippen molar-refractivity contribution in [3.8, 4) is 22.1 Å². The number of ether oxygens (including phenoxy) is 2. The standard InChI is InChI=1S/C30H27FN4O3S/c1-37-12-11-33-18-22-4-6-25(35-19-22)29-16-26-30(39-29)28(8-10-34-26)38-27-7-5-20(15-24(27)31)13-23(36)14-21-3-2-9-32-17-21/h2-10,15-17,19,33H,11-14,18H2,1H3. The largest absolute Gasteiger partial charge is 0.453 e. The fourth-order valence-electron chi connectivity index (χ4n) is 4.08. The Morgan fingerprint density at radius 1 is 0.949 bits per heavy atom. The molecule has 7 nitrogen and oxygen atoms in total. The SMILES string of the molecule is COCCNCc1ccc(-c2cc3nccc(Oc4ccc(CC(=O)Cc5cccnc5)cc4F)c3s2)nc1. The summed E-state index contributed by atoms with van der Waals surface area (Å²) in [5.41, 5.74) is 4.08. The second kappa shape index (κ2) is 12.7. The number of nitrogens with one attached hydrogen (secondary N) is 1. The van der Waals surface area contributed by atoms with Gasteiger partial charge in [-0.3, -0.25) is 19.7 Å². The van der Waals surface area contributed by atoms with Crippen LogP contribution >= 0.6 is 11.3 Å². The van der Waals surface area contributed by atoms with E-state index in [1.165, 1.54) is 17.4 Å². The molecular weight excluding hydrogens is 515 g/mol. The number of benzene rings is 1. The molecule has 0 radical (unpaired) electrons. The molecule has 0 spiro atoms. The summed E-state index contributed by atoms with van der Waals surface area (Å²) < 4.78 is 26.8. The summed E-state index contributed by atoms with van der Waals surface area (Å²) in [5.74, 6) is 0.0562. The molecule has 0 aliphatic carbocycles. The first-order valence-corrected chi connectivity index (χ1v) is 13.3. The van der Waals surface area contributed by atoms with Crippen molar-refractivity contribution in [2.75, 3.05) is 20.3 Å². The molecule has 0 fully saturated rings. The number of carbonyl (C=O) groups is 1. The van der Waals surface area contributed by atoms with Gasteiger partial charge >= 0.3 is 0 Å². The Kier molecular flexibility index (Phi) is 8.62. The van der Waals surface area contributed by atoms with Crippen molar-refractivity contribution in [1.29, 1.82) is 0 Å². The lowest BCUT2D eigenvalue weighted by atomic mass is 10.0. The van der Waals surface area contributed by atoms with E-state index >= 15 is 0 Å². The van der Waals surface area contributed by atoms with Gasteiger partial charge in [-0.15, -0.1) is 11.3 Å². The van der Waals surface area contributed by atoms with E-state index < -0.39 is 5.82 Å². The predicted octanol–water partition coefficient (Wildman–Crippen LogP) is 5.78. The van der Waals surface area contributed by atoms with Crippen LogP contribution in [0.1, 0.15) is 16.7 Å². The van der Waals surface area contributed by atoms with Gasteiger partial charge in [0.1, 0.15) is 11.5 Å². The minimum absolute atomic E-state index is 0.0120. The normalized spacial score (nSPS) is 11.1. The van der Waals surface area contributed by atoms with Crippen molar-refractivity contribution in [3.05, 3.63) is 102 Å². The maximum atomic E-state index is 15.0. The first kappa shape index (κ1) is 26.6. The van der Waals surface area contributed by atoms with Gasteiger partial charge in [0.15, 0.2) is 11.6 Å². The van der Waals surface area contributed by atoms with Crippen molar-refractivity contribution in [2.45, 2.75) is 19.4 Å². The fourth-order valence-corrected chi connectivity index (χ4v) is 5.12. The third-order valence-corrected chi connectivity index (χ3v) is 7.17. The summed E-state index contributed by atoms with van der Waals surface area (Å²) in [4.78, 5) is 26.5. The average Bonchev–Trinajstić information content (AvgIpc) is 3.39. The van der Waals surface area contributed by atoms with Crippen LogP contribution in [0, 0.1) is 5.82 Å². The van der Waals surface area contributed by atoms with Crippen molar-refractivity contribution in [2.24, 2.45) is 0 Å². The highest BCUT2D eigenvalue weighted by molar-refractivity contribution is 7.22. The fraction of sp³-hybridized carbons (Fsp3) is 0.200. The molecule has 0 aliphatic heterocycles. The van der Waals surface area contributed by atoms with E-state index in [-0.39, 0.29) is 24.4 Å². The summed E-state index contributed by atoms with van der Waals surface area (Å²) in [6.45, 7) is 2.15. The lowest BCUT2D eigenvalue weighted by Crippen LogP contribution is -2.18. The molecule has 0 amide bonds. The van der Waals surface area contributed by atoms with Gasteiger partial charge in [0.25, 0.3) is 0 Å². The number of pyridine rings is 3. The van der Waals surface area contributed by atoms with Gasteiger partial charge in [-0.05, 0) is 47.0 Å². The smallest absolute Gasteiger partial charge is 0.166 e. The van der Waals surface area contributed by atoms with E-state index in [0.717, 1.165) is 38.5 Å². The Bertz CT molecular complexity index is 1560. The molecule has 0 unspecified atom stereocenters. The molecule has 198 valence electrons. The second-order valence-corrected chi connectivity index (χ2v) is 10.0. The van der Waals surface area contributed by atoms with Gasteiger partial charge in [0.2, 0.25) is 0 Å². The molecule has 0 bridgehead atoms. The number of methoxy groups -OCH3 is 1. The zero-order valence-corrected chi connectivity index (χ0v) is 22.2. The number of hydrogen-bond donors (Lipinski definition) is 1. The maximum Gasteiger partial charge on any atom is 0.166 e. The van der Waals surface area contributed by atoms with E-state index in [0.29, 0.717) is 24.5 Å². The highest BCUT2D eigenvalue weighted by Crippen LogP contribution is 2.39. The molecule has 0 atom stereocenters. The summed E-state index contributed by atoms with van der Waals surface area (Å²) in [7, 11) is 1.68. The molecule has 9 heteroatoms. The molecule has 5 rings (SSSR count). The minimum Gasteiger partial charge on any atom is -0.453 e. The van der Waals surface area contributed by atoms with Crippen molar-refractivity contribution in [3.63, 3.8) is 0 Å². The first-order valence-electron chi connectivity index (χ1n) is 12.5. The number of aromatic nitrogens is 3. The van der Waals surface area contributed by atoms with E-state index in [1.807, 2.05) is 30.5 Å². The van der Waals surface area contributed by atoms with Crippen molar-refractivity contribution < 1.29 is 18.7 Å². The Labute approximate surface area is 229 Å². The lowest BCUT2D eigenvalue weighted by Gasteiger charge is -2.09. The number of Topliss-reactive ketones (excluding diaryl/α,β-unsaturated/α-hetero) is 1. The molecule has 0 saturated carbocycles. The Morgan fingerprint density at radius 2 is 1.82 bits per heavy atom. The van der Waals surface area contributed by atoms with Gasteiger partial charge < -0.3 is 14.8 Å². The number of nitrogens with zero attached hydrogens (tertiary/aromatic N) is 3. The highest BCUT2D eigenvalue weighted by atomic mass is 32.1. The molecule has 4 aromatic heterocycles. The summed E-state index contributed by atoms with van der Waals surface area (Å²) >= 11 is 1.49. The Hall–Kier alpha value is -4.05. The second-order valence-electron chi connectivity index (χ2n) is 8.98. The number of carbonyl (C=O) groups excluding carboxylic acids is 1. The number of ketones is 1. The summed E-state index contributed by atoms with van der Waals surface area (Å²) in [6.07, 6.45) is 7.20. The minimum atomic E-state index is -0.528. The van der Waals surface area contributed by atoms with Gasteiger partial charge in [0, 0.05) is 63.9 Å². The number of thiophene rings is 1. The van der Waals surface area contributed by atoms with Gasteiger partial charge in [-0.1, -0.05) is 18.2 Å². The third kappa shape index (κ3) is 6.88. The lowest BCUT2D eigenvalue weighted by molar-refractivity contribution is -0.117. The van der Waals surface area contributed by atoms with Crippen molar-refractivity contribution in [1.82, 2.24) is 20.3 Å². The predicted molar refractivity (Wildman–Crippen MR) is 150 cm³/mol. The molecule has 39 heavy (non-hydrogen) atoms. The number of hydrogen-bond acceptors (Lipinski definition) is 8. The molecular formula is C30H27FN4O3S. The van der Waals surface area contributed by atoms with E-state index in [9.17, 15) is 9.18 Å². The van der Waals surface area contributed by atoms with E-state index in [4.69, 9.17) is 9.47 Å². The number of fused-ring (bicyclic) bond motifs is 1. The summed E-state index contributed by atoms with van der Waals surface area (Å²) in [5, 5.41) is 3.30. The van der Waals surface area contributed by atoms with Crippen LogP contribution in [0.5, 0.6) is 11.5 Å². The topological polar surface area (TPSA) is 86.2 Å². The van der Waals surface area contributed by atoms with Gasteiger partial charge in [-0.2, -0.15) is 0 Å². The van der Waals surface area contributed by atoms with Crippen molar-refractivity contribution >= 4 is 27.3 Å². The monoisotopic (exact) mass is 542 g/mol. The number of halogens is 1. The Morgan fingerprint density at radius 3 is 2.59 bits per heavy atom. The quantitative estimate of drug-likeness (QED) is 0.200. The number of rotatable bonds is 12. The van der Waals surface area contributed by atoms with Crippen LogP contribution in [-0.2, 0) is 28.9 Å². The zero-order valence-electron chi connectivity index (χ0n) is 21.4. The average molecular weight is 543 g/mol. The van der Waals surface area contributed by atoms with Crippen LogP contribution in [0.25, 0.3) is 20.8 Å². The van der Waals surface area contributed by atoms with Crippen LogP contribution in [0.2, 0.25) is 0 Å². The maximum absolute atomic E-state index is 15.0. The van der Waals surface area contributed by atoms with E-state index in [1.54, 1.807) is 50.0 Å². The van der Waals surface area contributed by atoms with Crippen LogP contribution < -0.4 is 10.1 Å². The molecule has 5 aromatic rings. The highest BCUT2D eigenvalue weighted by Gasteiger charge is 2.15. The Balaban J connectivity index is 1.27. The molecule has 4 heterocycles. The van der Waals surface area contributed by atoms with Gasteiger partial charge in [0.05, 0.1) is 27.4 Å². The third-order valence-electron chi connectivity index (χ3n) is 6.01. The molecule has 0 saturated heterocycles. The zero-order chi connectivity index (χ0) is 27.0. The van der Waals surface area contributed by atoms with Crippen LogP contribution in [0.3, 0.4) is 0 Å². The molecule has 0 aliphatic rings.